The Morgan fingerprint density at radius 3 is 2.82 bits per heavy atom. The molecule has 1 saturated heterocycles. The molecule has 1 atom stereocenters. The summed E-state index contributed by atoms with van der Waals surface area (Å²) in [5.41, 5.74) is 4.14. The number of aryl methyl sites for hydroxylation is 2. The van der Waals surface area contributed by atoms with E-state index in [9.17, 15) is 0 Å². The second-order valence-electron chi connectivity index (χ2n) is 6.78. The van der Waals surface area contributed by atoms with E-state index >= 15 is 0 Å². The van der Waals surface area contributed by atoms with Gasteiger partial charge >= 0.3 is 0 Å². The van der Waals surface area contributed by atoms with Crippen molar-refractivity contribution < 1.29 is 0 Å². The Balaban J connectivity index is 1.59. The molecule has 22 heavy (non-hydrogen) atoms. The average molecular weight is 299 g/mol. The Hall–Kier alpha value is -1.62. The van der Waals surface area contributed by atoms with Gasteiger partial charge < -0.3 is 4.57 Å². The van der Waals surface area contributed by atoms with E-state index in [0.29, 0.717) is 6.04 Å². The van der Waals surface area contributed by atoms with E-state index in [1.165, 1.54) is 61.3 Å². The van der Waals surface area contributed by atoms with Crippen LogP contribution in [0.4, 0.5) is 0 Å². The van der Waals surface area contributed by atoms with Crippen LogP contribution in [0.1, 0.15) is 54.5 Å². The van der Waals surface area contributed by atoms with Gasteiger partial charge in [0.1, 0.15) is 5.82 Å². The largest absolute Gasteiger partial charge is 0.334 e. The van der Waals surface area contributed by atoms with E-state index < -0.39 is 0 Å². The van der Waals surface area contributed by atoms with Gasteiger partial charge in [-0.2, -0.15) is 5.10 Å². The Labute approximate surface area is 131 Å². The summed E-state index contributed by atoms with van der Waals surface area (Å²) in [6, 6.07) is 0.468. The highest BCUT2D eigenvalue weighted by Gasteiger charge is 2.31. The lowest BCUT2D eigenvalue weighted by Crippen LogP contribution is -2.25. The van der Waals surface area contributed by atoms with Gasteiger partial charge in [0.05, 0.1) is 17.9 Å². The number of rotatable bonds is 3. The monoisotopic (exact) mass is 299 g/mol. The summed E-state index contributed by atoms with van der Waals surface area (Å²) in [7, 11) is 4.20. The molecular weight excluding hydrogens is 274 g/mol. The van der Waals surface area contributed by atoms with Gasteiger partial charge in [0.15, 0.2) is 0 Å². The van der Waals surface area contributed by atoms with Crippen molar-refractivity contribution in [1.82, 2.24) is 24.2 Å². The van der Waals surface area contributed by atoms with Crippen LogP contribution in [0.5, 0.6) is 0 Å². The van der Waals surface area contributed by atoms with Gasteiger partial charge in [-0.1, -0.05) is 0 Å². The fraction of sp³-hybridized carbons (Fsp3) is 0.647. The van der Waals surface area contributed by atoms with Gasteiger partial charge in [0.2, 0.25) is 0 Å². The lowest BCUT2D eigenvalue weighted by molar-refractivity contribution is 0.236. The van der Waals surface area contributed by atoms with Crippen LogP contribution in [0.3, 0.4) is 0 Å². The predicted molar refractivity (Wildman–Crippen MR) is 85.4 cm³/mol. The van der Waals surface area contributed by atoms with E-state index in [-0.39, 0.29) is 0 Å². The van der Waals surface area contributed by atoms with E-state index in [1.807, 2.05) is 17.9 Å². The van der Waals surface area contributed by atoms with E-state index in [2.05, 4.69) is 27.8 Å². The quantitative estimate of drug-likeness (QED) is 0.873. The van der Waals surface area contributed by atoms with E-state index in [4.69, 9.17) is 4.98 Å². The molecule has 0 aromatic carbocycles. The van der Waals surface area contributed by atoms with Gasteiger partial charge in [-0.05, 0) is 45.1 Å². The summed E-state index contributed by atoms with van der Waals surface area (Å²) >= 11 is 0. The third-order valence-electron chi connectivity index (χ3n) is 5.21. The van der Waals surface area contributed by atoms with Crippen LogP contribution in [-0.2, 0) is 33.5 Å². The molecule has 118 valence electrons. The van der Waals surface area contributed by atoms with Crippen LogP contribution in [0, 0.1) is 0 Å². The fourth-order valence-electron chi connectivity index (χ4n) is 4.10. The van der Waals surface area contributed by atoms with Crippen LogP contribution in [0.15, 0.2) is 12.4 Å². The second-order valence-corrected chi connectivity index (χ2v) is 6.78. The minimum Gasteiger partial charge on any atom is -0.334 e. The topological polar surface area (TPSA) is 38.9 Å². The van der Waals surface area contributed by atoms with Crippen LogP contribution >= 0.6 is 0 Å². The number of imidazole rings is 1. The van der Waals surface area contributed by atoms with Gasteiger partial charge in [-0.25, -0.2) is 4.98 Å². The lowest BCUT2D eigenvalue weighted by atomic mass is 10.0. The molecule has 0 N–H and O–H groups in total. The van der Waals surface area contributed by atoms with Crippen molar-refractivity contribution in [2.24, 2.45) is 14.1 Å². The van der Waals surface area contributed by atoms with Gasteiger partial charge in [0.25, 0.3) is 0 Å². The first-order chi connectivity index (χ1) is 10.7. The smallest absolute Gasteiger partial charge is 0.126 e. The van der Waals surface area contributed by atoms with Gasteiger partial charge in [0, 0.05) is 38.1 Å². The van der Waals surface area contributed by atoms with Gasteiger partial charge in [-0.15, -0.1) is 0 Å². The molecule has 4 rings (SSSR count). The molecule has 2 aromatic rings. The van der Waals surface area contributed by atoms with Crippen molar-refractivity contribution in [3.05, 3.63) is 35.2 Å². The molecule has 5 heteroatoms. The Morgan fingerprint density at radius 1 is 1.18 bits per heavy atom. The number of hydrogen-bond acceptors (Lipinski definition) is 3. The summed E-state index contributed by atoms with van der Waals surface area (Å²) < 4.78 is 4.28. The molecule has 0 bridgehead atoms. The maximum Gasteiger partial charge on any atom is 0.126 e. The SMILES string of the molecule is Cn1cc(CN2CCCC2c2nc3c(n2C)CCCC3)cn1. The molecule has 1 aliphatic heterocycles. The molecule has 2 aliphatic rings. The molecule has 5 nitrogen and oxygen atoms in total. The zero-order chi connectivity index (χ0) is 15.1. The number of likely N-dealkylation sites (tertiary alicyclic amines) is 1. The molecule has 0 saturated carbocycles. The normalized spacial score (nSPS) is 22.2. The summed E-state index contributed by atoms with van der Waals surface area (Å²) in [4.78, 5) is 7.60. The fourth-order valence-corrected chi connectivity index (χ4v) is 4.10. The number of hydrogen-bond donors (Lipinski definition) is 0. The zero-order valence-electron chi connectivity index (χ0n) is 13.6. The molecule has 1 fully saturated rings. The molecule has 1 aliphatic carbocycles. The second kappa shape index (κ2) is 5.54. The maximum atomic E-state index is 5.03. The lowest BCUT2D eigenvalue weighted by Gasteiger charge is -2.23. The van der Waals surface area contributed by atoms with Crippen molar-refractivity contribution in [3.8, 4) is 0 Å². The van der Waals surface area contributed by atoms with E-state index in [1.54, 1.807) is 0 Å². The van der Waals surface area contributed by atoms with Crippen LogP contribution in [-0.4, -0.2) is 30.8 Å². The molecule has 2 aromatic heterocycles. The van der Waals surface area contributed by atoms with Crippen molar-refractivity contribution in [2.45, 2.75) is 51.1 Å². The van der Waals surface area contributed by atoms with Crippen molar-refractivity contribution in [1.29, 1.82) is 0 Å². The number of aromatic nitrogens is 4. The Morgan fingerprint density at radius 2 is 2.05 bits per heavy atom. The molecule has 0 spiro atoms. The average Bonchev–Trinajstić information content (AvgIpc) is 3.21. The standard InChI is InChI=1S/C17H25N5/c1-20-11-13(10-18-20)12-22-9-5-8-16(22)17-19-14-6-3-4-7-15(14)21(17)2/h10-11,16H,3-9,12H2,1-2H3. The third kappa shape index (κ3) is 2.37. The first kappa shape index (κ1) is 14.0. The predicted octanol–water partition coefficient (Wildman–Crippen LogP) is 2.37. The Bertz CT molecular complexity index is 669. The first-order valence-electron chi connectivity index (χ1n) is 8.48. The minimum absolute atomic E-state index is 0.468. The summed E-state index contributed by atoms with van der Waals surface area (Å²) in [6.45, 7) is 2.15. The van der Waals surface area contributed by atoms with Crippen LogP contribution in [0.2, 0.25) is 0 Å². The van der Waals surface area contributed by atoms with Crippen molar-refractivity contribution in [2.75, 3.05) is 6.54 Å². The highest BCUT2D eigenvalue weighted by atomic mass is 15.3. The maximum absolute atomic E-state index is 5.03. The number of fused-ring (bicyclic) bond motifs is 1. The summed E-state index contributed by atoms with van der Waals surface area (Å²) in [5.74, 6) is 1.29. The molecule has 0 radical (unpaired) electrons. The van der Waals surface area contributed by atoms with Crippen LogP contribution < -0.4 is 0 Å². The Kier molecular flexibility index (Phi) is 3.53. The van der Waals surface area contributed by atoms with E-state index in [0.717, 1.165) is 13.1 Å². The molecule has 0 amide bonds. The summed E-state index contributed by atoms with van der Waals surface area (Å²) in [6.07, 6.45) is 11.6. The third-order valence-corrected chi connectivity index (χ3v) is 5.21. The number of nitrogens with zero attached hydrogens (tertiary/aromatic N) is 5. The summed E-state index contributed by atoms with van der Waals surface area (Å²) in [5, 5.41) is 4.30. The highest BCUT2D eigenvalue weighted by molar-refractivity contribution is 5.22. The minimum atomic E-state index is 0.468. The molecule has 3 heterocycles. The first-order valence-corrected chi connectivity index (χ1v) is 8.48. The van der Waals surface area contributed by atoms with Gasteiger partial charge in [-0.3, -0.25) is 9.58 Å². The molecular formula is C17H25N5. The highest BCUT2D eigenvalue weighted by Crippen LogP contribution is 2.34. The van der Waals surface area contributed by atoms with Crippen molar-refractivity contribution in [3.63, 3.8) is 0 Å². The van der Waals surface area contributed by atoms with Crippen molar-refractivity contribution >= 4 is 0 Å². The van der Waals surface area contributed by atoms with Crippen LogP contribution in [0.25, 0.3) is 0 Å². The molecule has 1 unspecified atom stereocenters. The zero-order valence-corrected chi connectivity index (χ0v) is 13.6.